The predicted molar refractivity (Wildman–Crippen MR) is 96.4 cm³/mol. The Labute approximate surface area is 146 Å². The molecule has 0 aliphatic heterocycles. The van der Waals surface area contributed by atoms with Gasteiger partial charge in [-0.05, 0) is 41.7 Å². The molecule has 0 aromatic heterocycles. The van der Waals surface area contributed by atoms with E-state index in [0.717, 1.165) is 41.7 Å². The second-order valence-corrected chi connectivity index (χ2v) is 5.61. The van der Waals surface area contributed by atoms with Crippen LogP contribution in [0.4, 0.5) is 5.69 Å². The van der Waals surface area contributed by atoms with Crippen molar-refractivity contribution in [2.24, 2.45) is 5.16 Å². The zero-order valence-electron chi connectivity index (χ0n) is 14.3. The smallest absolute Gasteiger partial charge is 0.318 e. The highest BCUT2D eigenvalue weighted by molar-refractivity contribution is 6.00. The lowest BCUT2D eigenvalue weighted by atomic mass is 10.00. The molecule has 0 unspecified atom stereocenters. The number of oxime groups is 1. The predicted octanol–water partition coefficient (Wildman–Crippen LogP) is 4.72. The van der Waals surface area contributed by atoms with Gasteiger partial charge in [0, 0.05) is 19.1 Å². The van der Waals surface area contributed by atoms with Crippen LogP contribution in [0.3, 0.4) is 0 Å². The molecule has 0 spiro atoms. The van der Waals surface area contributed by atoms with Crippen molar-refractivity contribution in [2.45, 2.75) is 33.1 Å². The topological polar surface area (TPSA) is 81.8 Å². The Morgan fingerprint density at radius 1 is 1.08 bits per heavy atom. The Morgan fingerprint density at radius 3 is 2.12 bits per heavy atom. The fourth-order valence-electron chi connectivity index (χ4n) is 2.34. The maximum atomic E-state index is 11.0. The van der Waals surface area contributed by atoms with Crippen molar-refractivity contribution in [2.75, 3.05) is 0 Å². The lowest BCUT2D eigenvalue weighted by Crippen LogP contribution is -2.04. The largest absolute Gasteiger partial charge is 0.331 e. The van der Waals surface area contributed by atoms with Gasteiger partial charge in [-0.1, -0.05) is 42.8 Å². The minimum atomic E-state index is -0.448. The lowest BCUT2D eigenvalue weighted by Gasteiger charge is -2.07. The quantitative estimate of drug-likeness (QED) is 0.316. The number of unbranched alkanes of at least 4 members (excludes halogenated alkanes) is 1. The molecule has 6 heteroatoms. The van der Waals surface area contributed by atoms with Gasteiger partial charge in [-0.25, -0.2) is 4.79 Å². The van der Waals surface area contributed by atoms with Gasteiger partial charge < -0.3 is 4.84 Å². The first kappa shape index (κ1) is 18.3. The SMILES string of the molecule is CCCC/C(=N\OC(C)=O)c1ccc(-c2ccc([N+](=O)[O-])cc2)cc1. The number of nitro groups is 1. The van der Waals surface area contributed by atoms with E-state index in [2.05, 4.69) is 12.1 Å². The number of carbonyl (C=O) groups is 1. The van der Waals surface area contributed by atoms with E-state index in [-0.39, 0.29) is 5.69 Å². The first-order chi connectivity index (χ1) is 12.0. The van der Waals surface area contributed by atoms with Gasteiger partial charge in [-0.3, -0.25) is 10.1 Å². The van der Waals surface area contributed by atoms with Crippen LogP contribution in [0.2, 0.25) is 0 Å². The third kappa shape index (κ3) is 5.24. The molecule has 2 aromatic carbocycles. The van der Waals surface area contributed by atoms with Crippen LogP contribution in [0.5, 0.6) is 0 Å². The summed E-state index contributed by atoms with van der Waals surface area (Å²) in [7, 11) is 0. The van der Waals surface area contributed by atoms with Gasteiger partial charge >= 0.3 is 5.97 Å². The van der Waals surface area contributed by atoms with Gasteiger partial charge in [0.2, 0.25) is 0 Å². The maximum Gasteiger partial charge on any atom is 0.331 e. The number of hydrogen-bond acceptors (Lipinski definition) is 5. The Kier molecular flexibility index (Phi) is 6.39. The van der Waals surface area contributed by atoms with Crippen LogP contribution in [-0.4, -0.2) is 16.6 Å². The van der Waals surface area contributed by atoms with Crippen molar-refractivity contribution < 1.29 is 14.6 Å². The highest BCUT2D eigenvalue weighted by Crippen LogP contribution is 2.23. The summed E-state index contributed by atoms with van der Waals surface area (Å²) in [4.78, 5) is 26.1. The molecule has 0 bridgehead atoms. The first-order valence-electron chi connectivity index (χ1n) is 8.11. The van der Waals surface area contributed by atoms with E-state index in [0.29, 0.717) is 0 Å². The highest BCUT2D eigenvalue weighted by atomic mass is 16.7. The second-order valence-electron chi connectivity index (χ2n) is 5.61. The molecule has 0 aliphatic carbocycles. The zero-order valence-corrected chi connectivity index (χ0v) is 14.3. The van der Waals surface area contributed by atoms with Crippen molar-refractivity contribution in [3.63, 3.8) is 0 Å². The number of rotatable bonds is 7. The molecule has 0 heterocycles. The molecule has 2 aromatic rings. The van der Waals surface area contributed by atoms with Crippen LogP contribution in [0, 0.1) is 10.1 Å². The van der Waals surface area contributed by atoms with E-state index in [4.69, 9.17) is 4.84 Å². The van der Waals surface area contributed by atoms with Crippen LogP contribution in [-0.2, 0) is 9.63 Å². The van der Waals surface area contributed by atoms with E-state index < -0.39 is 10.9 Å². The first-order valence-corrected chi connectivity index (χ1v) is 8.11. The molecule has 0 saturated heterocycles. The number of non-ortho nitro benzene ring substituents is 1. The standard InChI is InChI=1S/C19H20N2O4/c1-3-4-5-19(20-25-14(2)22)17-8-6-15(7-9-17)16-10-12-18(13-11-16)21(23)24/h6-13H,3-5H2,1-2H3/b20-19+. The van der Waals surface area contributed by atoms with Crippen LogP contribution in [0.25, 0.3) is 11.1 Å². The molecule has 130 valence electrons. The molecule has 0 amide bonds. The number of nitrogens with zero attached hydrogens (tertiary/aromatic N) is 2. The van der Waals surface area contributed by atoms with Crippen molar-refractivity contribution in [3.05, 3.63) is 64.2 Å². The second kappa shape index (κ2) is 8.73. The molecule has 0 N–H and O–H groups in total. The van der Waals surface area contributed by atoms with Crippen molar-refractivity contribution in [1.82, 2.24) is 0 Å². The average molecular weight is 340 g/mol. The Bertz CT molecular complexity index is 765. The van der Waals surface area contributed by atoms with Gasteiger partial charge in [0.1, 0.15) is 0 Å². The minimum Gasteiger partial charge on any atom is -0.318 e. The Hall–Kier alpha value is -3.02. The van der Waals surface area contributed by atoms with Gasteiger partial charge in [0.05, 0.1) is 10.6 Å². The summed E-state index contributed by atoms with van der Waals surface area (Å²) >= 11 is 0. The van der Waals surface area contributed by atoms with E-state index >= 15 is 0 Å². The lowest BCUT2D eigenvalue weighted by molar-refractivity contribution is -0.384. The van der Waals surface area contributed by atoms with Gasteiger partial charge in [0.25, 0.3) is 5.69 Å². The highest BCUT2D eigenvalue weighted by Gasteiger charge is 2.08. The van der Waals surface area contributed by atoms with E-state index in [1.165, 1.54) is 19.1 Å². The number of carbonyl (C=O) groups excluding carboxylic acids is 1. The Morgan fingerprint density at radius 2 is 1.64 bits per heavy atom. The molecular formula is C19H20N2O4. The molecule has 0 radical (unpaired) electrons. The molecule has 0 saturated carbocycles. The number of nitro benzene ring substituents is 1. The summed E-state index contributed by atoms with van der Waals surface area (Å²) in [5.74, 6) is -0.448. The van der Waals surface area contributed by atoms with Crippen molar-refractivity contribution in [1.29, 1.82) is 0 Å². The summed E-state index contributed by atoms with van der Waals surface area (Å²) in [5.41, 5.74) is 3.52. The molecule has 0 fully saturated rings. The Balaban J connectivity index is 2.22. The van der Waals surface area contributed by atoms with Crippen LogP contribution < -0.4 is 0 Å². The maximum absolute atomic E-state index is 11.0. The minimum absolute atomic E-state index is 0.0655. The molecule has 25 heavy (non-hydrogen) atoms. The van der Waals surface area contributed by atoms with Gasteiger partial charge in [0.15, 0.2) is 0 Å². The molecular weight excluding hydrogens is 320 g/mol. The van der Waals surface area contributed by atoms with Crippen LogP contribution >= 0.6 is 0 Å². The summed E-state index contributed by atoms with van der Waals surface area (Å²) in [5, 5.41) is 14.7. The van der Waals surface area contributed by atoms with Crippen LogP contribution in [0.1, 0.15) is 38.7 Å². The van der Waals surface area contributed by atoms with Gasteiger partial charge in [-0.2, -0.15) is 0 Å². The summed E-state index contributed by atoms with van der Waals surface area (Å²) < 4.78 is 0. The van der Waals surface area contributed by atoms with Gasteiger partial charge in [-0.15, -0.1) is 0 Å². The van der Waals surface area contributed by atoms with Crippen molar-refractivity contribution in [3.8, 4) is 11.1 Å². The van der Waals surface area contributed by atoms with E-state index in [9.17, 15) is 14.9 Å². The number of hydrogen-bond donors (Lipinski definition) is 0. The monoisotopic (exact) mass is 340 g/mol. The average Bonchev–Trinajstić information content (AvgIpc) is 2.62. The molecule has 6 nitrogen and oxygen atoms in total. The normalized spacial score (nSPS) is 11.2. The summed E-state index contributed by atoms with van der Waals surface area (Å²) in [6.07, 6.45) is 2.69. The third-order valence-corrected chi connectivity index (χ3v) is 3.68. The molecule has 0 atom stereocenters. The van der Waals surface area contributed by atoms with E-state index in [1.54, 1.807) is 12.1 Å². The molecule has 0 aliphatic rings. The summed E-state index contributed by atoms with van der Waals surface area (Å²) in [6, 6.07) is 14.1. The molecule has 2 rings (SSSR count). The van der Waals surface area contributed by atoms with Crippen molar-refractivity contribution >= 4 is 17.4 Å². The zero-order chi connectivity index (χ0) is 18.2. The van der Waals surface area contributed by atoms with E-state index in [1.807, 2.05) is 24.3 Å². The fraction of sp³-hybridized carbons (Fsp3) is 0.263. The van der Waals surface area contributed by atoms with Crippen LogP contribution in [0.15, 0.2) is 53.7 Å². The third-order valence-electron chi connectivity index (χ3n) is 3.68. The summed E-state index contributed by atoms with van der Waals surface area (Å²) in [6.45, 7) is 3.40. The number of benzene rings is 2. The fourth-order valence-corrected chi connectivity index (χ4v) is 2.34.